The Labute approximate surface area is 175 Å². The first-order valence-electron chi connectivity index (χ1n) is 8.65. The van der Waals surface area contributed by atoms with E-state index in [9.17, 15) is 8.42 Å². The van der Waals surface area contributed by atoms with E-state index in [0.29, 0.717) is 19.0 Å². The van der Waals surface area contributed by atoms with E-state index in [1.54, 1.807) is 14.0 Å². The molecule has 150 valence electrons. The molecular formula is C17H32IN5O2S. The first-order chi connectivity index (χ1) is 11.9. The molecule has 1 aromatic rings. The van der Waals surface area contributed by atoms with Gasteiger partial charge in [0, 0.05) is 45.5 Å². The van der Waals surface area contributed by atoms with Crippen LogP contribution in [0.4, 0.5) is 5.69 Å². The quantitative estimate of drug-likeness (QED) is 0.198. The topological polar surface area (TPSA) is 85.8 Å². The highest BCUT2D eigenvalue weighted by atomic mass is 127. The first-order valence-corrected chi connectivity index (χ1v) is 10.3. The maximum Gasteiger partial charge on any atom is 0.211 e. The van der Waals surface area contributed by atoms with Crippen molar-refractivity contribution in [2.45, 2.75) is 20.8 Å². The lowest BCUT2D eigenvalue weighted by atomic mass is 10.2. The van der Waals surface area contributed by atoms with Gasteiger partial charge in [-0.2, -0.15) is 0 Å². The number of hydrogen-bond acceptors (Lipinski definition) is 4. The molecule has 0 aliphatic rings. The monoisotopic (exact) mass is 497 g/mol. The highest BCUT2D eigenvalue weighted by Crippen LogP contribution is 2.14. The number of hydrogen-bond donors (Lipinski definition) is 3. The van der Waals surface area contributed by atoms with Crippen molar-refractivity contribution >= 4 is 45.6 Å². The van der Waals surface area contributed by atoms with Gasteiger partial charge < -0.3 is 15.5 Å². The summed E-state index contributed by atoms with van der Waals surface area (Å²) in [5, 5.41) is 6.35. The highest BCUT2D eigenvalue weighted by molar-refractivity contribution is 14.0. The van der Waals surface area contributed by atoms with Crippen LogP contribution in [0.15, 0.2) is 29.3 Å². The fourth-order valence-corrected chi connectivity index (χ4v) is 2.93. The van der Waals surface area contributed by atoms with Gasteiger partial charge in [0.15, 0.2) is 5.96 Å². The molecule has 9 heteroatoms. The zero-order valence-corrected chi connectivity index (χ0v) is 19.2. The van der Waals surface area contributed by atoms with Crippen molar-refractivity contribution < 1.29 is 8.42 Å². The molecule has 0 aliphatic heterocycles. The van der Waals surface area contributed by atoms with Crippen LogP contribution in [-0.4, -0.2) is 59.9 Å². The summed E-state index contributed by atoms with van der Waals surface area (Å²) in [7, 11) is -1.45. The van der Waals surface area contributed by atoms with E-state index < -0.39 is 10.0 Å². The minimum absolute atomic E-state index is 0. The van der Waals surface area contributed by atoms with Crippen molar-refractivity contribution in [3.63, 3.8) is 0 Å². The second-order valence-corrected chi connectivity index (χ2v) is 7.74. The lowest BCUT2D eigenvalue weighted by Gasteiger charge is -2.24. The van der Waals surface area contributed by atoms with Crippen LogP contribution in [0.25, 0.3) is 0 Å². The van der Waals surface area contributed by atoms with Crippen LogP contribution in [0.5, 0.6) is 0 Å². The Kier molecular flexibility index (Phi) is 12.6. The lowest BCUT2D eigenvalue weighted by molar-refractivity contribution is 0.582. The number of sulfonamides is 1. The zero-order chi connectivity index (χ0) is 18.7. The molecule has 0 bridgehead atoms. The van der Waals surface area contributed by atoms with Crippen LogP contribution >= 0.6 is 24.0 Å². The Morgan fingerprint density at radius 3 is 2.42 bits per heavy atom. The summed E-state index contributed by atoms with van der Waals surface area (Å²) in [5.41, 5.74) is 2.46. The molecule has 26 heavy (non-hydrogen) atoms. The number of benzene rings is 1. The maximum atomic E-state index is 11.4. The van der Waals surface area contributed by atoms with Gasteiger partial charge in [0.25, 0.3) is 0 Å². The van der Waals surface area contributed by atoms with Crippen LogP contribution in [0.2, 0.25) is 0 Å². The van der Waals surface area contributed by atoms with E-state index in [1.165, 1.54) is 11.3 Å². The number of nitrogens with zero attached hydrogens (tertiary/aromatic N) is 2. The van der Waals surface area contributed by atoms with E-state index in [1.807, 2.05) is 0 Å². The van der Waals surface area contributed by atoms with Crippen LogP contribution in [0, 0.1) is 6.92 Å². The molecule has 7 nitrogen and oxygen atoms in total. The summed E-state index contributed by atoms with van der Waals surface area (Å²) < 4.78 is 25.2. The third-order valence-corrected chi connectivity index (χ3v) is 5.17. The third-order valence-electron chi connectivity index (χ3n) is 3.77. The molecular weight excluding hydrogens is 465 g/mol. The predicted molar refractivity (Wildman–Crippen MR) is 121 cm³/mol. The standard InChI is InChI=1S/C17H31N5O2S.HI/c1-5-22(16-9-7-8-15(3)14-16)13-12-20-17(18-4)19-10-11-21-25(23,24)6-2;/h7-9,14,21H,5-6,10-13H2,1-4H3,(H2,18,19,20);1H. The number of likely N-dealkylation sites (N-methyl/N-ethyl adjacent to an activating group) is 1. The molecule has 0 atom stereocenters. The molecule has 0 radical (unpaired) electrons. The van der Waals surface area contributed by atoms with E-state index >= 15 is 0 Å². The van der Waals surface area contributed by atoms with Gasteiger partial charge in [-0.05, 0) is 38.5 Å². The van der Waals surface area contributed by atoms with Crippen molar-refractivity contribution in [3.05, 3.63) is 29.8 Å². The molecule has 0 heterocycles. The Hall–Kier alpha value is -1.07. The minimum atomic E-state index is -3.15. The molecule has 0 saturated heterocycles. The summed E-state index contributed by atoms with van der Waals surface area (Å²) in [4.78, 5) is 6.44. The Bertz CT molecular complexity index is 652. The molecule has 1 rings (SSSR count). The highest BCUT2D eigenvalue weighted by Gasteiger charge is 2.06. The molecule has 3 N–H and O–H groups in total. The fourth-order valence-electron chi connectivity index (χ4n) is 2.31. The smallest absolute Gasteiger partial charge is 0.211 e. The molecule has 0 unspecified atom stereocenters. The largest absolute Gasteiger partial charge is 0.370 e. The molecule has 0 amide bonds. The number of aliphatic imine (C=N–C) groups is 1. The van der Waals surface area contributed by atoms with Gasteiger partial charge in [-0.1, -0.05) is 12.1 Å². The van der Waals surface area contributed by atoms with E-state index in [4.69, 9.17) is 0 Å². The van der Waals surface area contributed by atoms with Gasteiger partial charge in [0.2, 0.25) is 10.0 Å². The number of aryl methyl sites for hydroxylation is 1. The van der Waals surface area contributed by atoms with Crippen LogP contribution in [0.3, 0.4) is 0 Å². The molecule has 0 fully saturated rings. The summed E-state index contributed by atoms with van der Waals surface area (Å²) in [5.74, 6) is 0.752. The van der Waals surface area contributed by atoms with Gasteiger partial charge in [-0.3, -0.25) is 4.99 Å². The summed E-state index contributed by atoms with van der Waals surface area (Å²) in [6.45, 7) is 9.17. The van der Waals surface area contributed by atoms with E-state index in [-0.39, 0.29) is 29.7 Å². The number of guanidine groups is 1. The summed E-state index contributed by atoms with van der Waals surface area (Å²) >= 11 is 0. The van der Waals surface area contributed by atoms with E-state index in [2.05, 4.69) is 63.4 Å². The second kappa shape index (κ2) is 13.2. The predicted octanol–water partition coefficient (Wildman–Crippen LogP) is 1.54. The average molecular weight is 497 g/mol. The molecule has 1 aromatic carbocycles. The normalized spacial score (nSPS) is 11.6. The van der Waals surface area contributed by atoms with Gasteiger partial charge in [-0.25, -0.2) is 13.1 Å². The van der Waals surface area contributed by atoms with Crippen molar-refractivity contribution in [1.82, 2.24) is 15.4 Å². The lowest BCUT2D eigenvalue weighted by Crippen LogP contribution is -2.44. The number of halogens is 1. The van der Waals surface area contributed by atoms with Crippen molar-refractivity contribution in [1.29, 1.82) is 0 Å². The Morgan fingerprint density at radius 2 is 1.85 bits per heavy atom. The minimum Gasteiger partial charge on any atom is -0.370 e. The maximum absolute atomic E-state index is 11.4. The van der Waals surface area contributed by atoms with Gasteiger partial charge in [0.1, 0.15) is 0 Å². The van der Waals surface area contributed by atoms with Crippen molar-refractivity contribution in [2.75, 3.05) is 50.4 Å². The summed E-state index contributed by atoms with van der Waals surface area (Å²) in [6, 6.07) is 8.45. The Balaban J connectivity index is 0.00000625. The number of nitrogens with one attached hydrogen (secondary N) is 3. The van der Waals surface area contributed by atoms with Gasteiger partial charge in [0.05, 0.1) is 5.75 Å². The van der Waals surface area contributed by atoms with Crippen molar-refractivity contribution in [3.8, 4) is 0 Å². The fraction of sp³-hybridized carbons (Fsp3) is 0.588. The second-order valence-electron chi connectivity index (χ2n) is 5.64. The molecule has 0 spiro atoms. The summed E-state index contributed by atoms with van der Waals surface area (Å²) in [6.07, 6.45) is 0. The van der Waals surface area contributed by atoms with Gasteiger partial charge >= 0.3 is 0 Å². The molecule has 0 saturated carbocycles. The van der Waals surface area contributed by atoms with Crippen LogP contribution in [-0.2, 0) is 10.0 Å². The van der Waals surface area contributed by atoms with Crippen LogP contribution < -0.4 is 20.3 Å². The van der Waals surface area contributed by atoms with E-state index in [0.717, 1.165) is 19.6 Å². The SMILES string of the molecule is CCN(CCNC(=NC)NCCNS(=O)(=O)CC)c1cccc(C)c1.I. The molecule has 0 aromatic heterocycles. The third kappa shape index (κ3) is 9.58. The van der Waals surface area contributed by atoms with Crippen molar-refractivity contribution in [2.24, 2.45) is 4.99 Å². The van der Waals surface area contributed by atoms with Gasteiger partial charge in [-0.15, -0.1) is 24.0 Å². The van der Waals surface area contributed by atoms with Crippen LogP contribution in [0.1, 0.15) is 19.4 Å². The Morgan fingerprint density at radius 1 is 1.15 bits per heavy atom. The average Bonchev–Trinajstić information content (AvgIpc) is 2.60. The number of anilines is 1. The zero-order valence-electron chi connectivity index (χ0n) is 16.1. The molecule has 0 aliphatic carbocycles. The first kappa shape index (κ1) is 24.9. The number of rotatable bonds is 10.